The summed E-state index contributed by atoms with van der Waals surface area (Å²) in [5.74, 6) is 0.0774. The van der Waals surface area contributed by atoms with Crippen LogP contribution < -0.4 is 4.74 Å². The van der Waals surface area contributed by atoms with Gasteiger partial charge in [-0.05, 0) is 6.07 Å². The summed E-state index contributed by atoms with van der Waals surface area (Å²) >= 11 is 0. The molecule has 0 bridgehead atoms. The third-order valence-electron chi connectivity index (χ3n) is 4.00. The molecule has 110 valence electrons. The van der Waals surface area contributed by atoms with Gasteiger partial charge in [0.15, 0.2) is 0 Å². The van der Waals surface area contributed by atoms with Crippen LogP contribution in [0.2, 0.25) is 0 Å². The molecule has 0 spiro atoms. The lowest BCUT2D eigenvalue weighted by molar-refractivity contribution is -0.285. The van der Waals surface area contributed by atoms with E-state index in [1.54, 1.807) is 13.2 Å². The summed E-state index contributed by atoms with van der Waals surface area (Å²) in [4.78, 5) is 0. The van der Waals surface area contributed by atoms with Crippen LogP contribution >= 0.6 is 0 Å². The fourth-order valence-corrected chi connectivity index (χ4v) is 2.97. The zero-order valence-corrected chi connectivity index (χ0v) is 11.0. The van der Waals surface area contributed by atoms with E-state index in [4.69, 9.17) is 14.2 Å². The van der Waals surface area contributed by atoms with Crippen molar-refractivity contribution in [3.8, 4) is 5.75 Å². The highest BCUT2D eigenvalue weighted by molar-refractivity contribution is 5.38. The van der Waals surface area contributed by atoms with Crippen LogP contribution in [0, 0.1) is 5.92 Å². The van der Waals surface area contributed by atoms with Gasteiger partial charge in [-0.3, -0.25) is 0 Å². The van der Waals surface area contributed by atoms with Crippen molar-refractivity contribution in [2.45, 2.75) is 30.7 Å². The SMILES string of the molecule is CO[C@H]1c2ccccc2O[C@H]2O[C@H](CO)[C@H](O)[C@H](O)[C@H]21. The van der Waals surface area contributed by atoms with Crippen LogP contribution in [0.5, 0.6) is 5.75 Å². The molecular weight excluding hydrogens is 264 g/mol. The predicted octanol–water partition coefficient (Wildman–Crippen LogP) is -0.178. The number of fused-ring (bicyclic) bond motifs is 2. The monoisotopic (exact) mass is 282 g/mol. The van der Waals surface area contributed by atoms with Gasteiger partial charge >= 0.3 is 0 Å². The normalized spacial score (nSPS) is 39.6. The van der Waals surface area contributed by atoms with E-state index in [0.29, 0.717) is 5.75 Å². The third-order valence-corrected chi connectivity index (χ3v) is 4.00. The van der Waals surface area contributed by atoms with Crippen LogP contribution in [0.3, 0.4) is 0 Å². The number of ether oxygens (including phenoxy) is 3. The van der Waals surface area contributed by atoms with Gasteiger partial charge in [-0.15, -0.1) is 0 Å². The van der Waals surface area contributed by atoms with Crippen LogP contribution in [0.4, 0.5) is 0 Å². The van der Waals surface area contributed by atoms with Gasteiger partial charge in [0.1, 0.15) is 18.0 Å². The molecule has 0 aromatic heterocycles. The summed E-state index contributed by atoms with van der Waals surface area (Å²) in [5, 5.41) is 29.5. The second kappa shape index (κ2) is 5.31. The Balaban J connectivity index is 1.98. The zero-order valence-electron chi connectivity index (χ0n) is 11.0. The topological polar surface area (TPSA) is 88.4 Å². The van der Waals surface area contributed by atoms with Crippen LogP contribution in [-0.4, -0.2) is 53.6 Å². The van der Waals surface area contributed by atoms with Gasteiger partial charge in [0, 0.05) is 12.7 Å². The number of aliphatic hydroxyl groups excluding tert-OH is 3. The largest absolute Gasteiger partial charge is 0.464 e. The molecule has 0 radical (unpaired) electrons. The molecular formula is C14H18O6. The van der Waals surface area contributed by atoms with Gasteiger partial charge < -0.3 is 29.5 Å². The van der Waals surface area contributed by atoms with Crippen molar-refractivity contribution < 1.29 is 29.5 Å². The Morgan fingerprint density at radius 2 is 1.95 bits per heavy atom. The molecule has 6 heteroatoms. The van der Waals surface area contributed by atoms with Crippen molar-refractivity contribution in [2.75, 3.05) is 13.7 Å². The maximum atomic E-state index is 10.3. The van der Waals surface area contributed by atoms with E-state index in [1.165, 1.54) is 0 Å². The number of para-hydroxylation sites is 1. The standard InChI is InChI=1S/C14H18O6/c1-18-13-7-4-2-3-5-8(7)19-14-10(13)12(17)11(16)9(6-15)20-14/h2-5,9-17H,6H2,1H3/t9-,10+,11+,12-,13+,14+/m1/s1. The van der Waals surface area contributed by atoms with E-state index in [1.807, 2.05) is 18.2 Å². The molecule has 0 amide bonds. The lowest BCUT2D eigenvalue weighted by Crippen LogP contribution is -2.60. The number of benzene rings is 1. The Hall–Kier alpha value is -1.18. The van der Waals surface area contributed by atoms with Crippen molar-refractivity contribution in [1.82, 2.24) is 0 Å². The lowest BCUT2D eigenvalue weighted by Gasteiger charge is -2.47. The van der Waals surface area contributed by atoms with Gasteiger partial charge in [0.05, 0.1) is 24.7 Å². The fraction of sp³-hybridized carbons (Fsp3) is 0.571. The second-order valence-corrected chi connectivity index (χ2v) is 5.10. The van der Waals surface area contributed by atoms with Gasteiger partial charge in [-0.2, -0.15) is 0 Å². The van der Waals surface area contributed by atoms with Crippen molar-refractivity contribution in [1.29, 1.82) is 0 Å². The Morgan fingerprint density at radius 3 is 2.65 bits per heavy atom. The number of hydrogen-bond donors (Lipinski definition) is 3. The molecule has 1 saturated heterocycles. The highest BCUT2D eigenvalue weighted by Gasteiger charge is 2.52. The van der Waals surface area contributed by atoms with E-state index in [-0.39, 0.29) is 6.61 Å². The van der Waals surface area contributed by atoms with Gasteiger partial charge in [-0.1, -0.05) is 18.2 Å². The third kappa shape index (κ3) is 2.01. The molecule has 0 aliphatic carbocycles. The molecule has 6 atom stereocenters. The first-order chi connectivity index (χ1) is 9.67. The number of aliphatic hydroxyl groups is 3. The molecule has 20 heavy (non-hydrogen) atoms. The quantitative estimate of drug-likeness (QED) is 0.697. The lowest BCUT2D eigenvalue weighted by atomic mass is 9.82. The van der Waals surface area contributed by atoms with Crippen LogP contribution in [0.15, 0.2) is 24.3 Å². The molecule has 3 rings (SSSR count). The maximum absolute atomic E-state index is 10.3. The predicted molar refractivity (Wildman–Crippen MR) is 68.1 cm³/mol. The minimum Gasteiger partial charge on any atom is -0.464 e. The number of methoxy groups -OCH3 is 1. The first-order valence-electron chi connectivity index (χ1n) is 6.58. The van der Waals surface area contributed by atoms with E-state index in [2.05, 4.69) is 0 Å². The average Bonchev–Trinajstić information content (AvgIpc) is 2.48. The van der Waals surface area contributed by atoms with E-state index in [9.17, 15) is 15.3 Å². The fourth-order valence-electron chi connectivity index (χ4n) is 2.97. The Bertz CT molecular complexity index is 478. The van der Waals surface area contributed by atoms with Crippen molar-refractivity contribution in [2.24, 2.45) is 5.92 Å². The summed E-state index contributed by atoms with van der Waals surface area (Å²) in [6, 6.07) is 7.35. The summed E-state index contributed by atoms with van der Waals surface area (Å²) in [6.07, 6.45) is -4.33. The molecule has 3 N–H and O–H groups in total. The van der Waals surface area contributed by atoms with Gasteiger partial charge in [-0.25, -0.2) is 0 Å². The summed E-state index contributed by atoms with van der Waals surface area (Å²) in [7, 11) is 1.54. The molecule has 1 aromatic rings. The van der Waals surface area contributed by atoms with E-state index in [0.717, 1.165) is 5.56 Å². The molecule has 2 aliphatic rings. The molecule has 6 nitrogen and oxygen atoms in total. The summed E-state index contributed by atoms with van der Waals surface area (Å²) in [5.41, 5.74) is 0.813. The molecule has 1 aromatic carbocycles. The molecule has 2 aliphatic heterocycles. The Morgan fingerprint density at radius 1 is 1.20 bits per heavy atom. The first kappa shape index (κ1) is 13.8. The van der Waals surface area contributed by atoms with Gasteiger partial charge in [0.2, 0.25) is 6.29 Å². The minimum atomic E-state index is -1.17. The Labute approximate surface area is 116 Å². The first-order valence-corrected chi connectivity index (χ1v) is 6.58. The number of hydrogen-bond acceptors (Lipinski definition) is 6. The smallest absolute Gasteiger partial charge is 0.208 e. The van der Waals surface area contributed by atoms with Crippen molar-refractivity contribution in [3.63, 3.8) is 0 Å². The highest BCUT2D eigenvalue weighted by atomic mass is 16.7. The van der Waals surface area contributed by atoms with Crippen molar-refractivity contribution >= 4 is 0 Å². The highest BCUT2D eigenvalue weighted by Crippen LogP contribution is 2.45. The molecule has 0 unspecified atom stereocenters. The minimum absolute atomic E-state index is 0.385. The molecule has 2 heterocycles. The van der Waals surface area contributed by atoms with Crippen molar-refractivity contribution in [3.05, 3.63) is 29.8 Å². The average molecular weight is 282 g/mol. The van der Waals surface area contributed by atoms with Crippen LogP contribution in [0.1, 0.15) is 11.7 Å². The maximum Gasteiger partial charge on any atom is 0.208 e. The zero-order chi connectivity index (χ0) is 14.3. The molecule has 0 saturated carbocycles. The summed E-state index contributed by atoms with van der Waals surface area (Å²) in [6.45, 7) is -0.385. The van der Waals surface area contributed by atoms with E-state index < -0.39 is 36.6 Å². The molecule has 1 fully saturated rings. The summed E-state index contributed by atoms with van der Waals surface area (Å²) < 4.78 is 16.8. The van der Waals surface area contributed by atoms with Crippen LogP contribution in [-0.2, 0) is 9.47 Å². The Kier molecular flexibility index (Phi) is 3.66. The van der Waals surface area contributed by atoms with E-state index >= 15 is 0 Å². The second-order valence-electron chi connectivity index (χ2n) is 5.10. The van der Waals surface area contributed by atoms with Crippen LogP contribution in [0.25, 0.3) is 0 Å². The van der Waals surface area contributed by atoms with Gasteiger partial charge in [0.25, 0.3) is 0 Å². The number of rotatable bonds is 2.